The van der Waals surface area contributed by atoms with Gasteiger partial charge in [-0.05, 0) is 61.3 Å². The van der Waals surface area contributed by atoms with Crippen LogP contribution in [-0.4, -0.2) is 13.2 Å². The van der Waals surface area contributed by atoms with Gasteiger partial charge in [-0.25, -0.2) is 0 Å². The molecule has 3 aromatic rings. The molecule has 6 heteroatoms. The van der Waals surface area contributed by atoms with Crippen LogP contribution in [0.4, 0.5) is 0 Å². The van der Waals surface area contributed by atoms with E-state index < -0.39 is 0 Å². The Morgan fingerprint density at radius 1 is 0.800 bits per heavy atom. The molecule has 0 bridgehead atoms. The molecule has 0 amide bonds. The molecular formula is C24H26Cl3NO2. The molecule has 3 rings (SSSR count). The number of halogens is 3. The van der Waals surface area contributed by atoms with E-state index in [0.29, 0.717) is 24.8 Å². The van der Waals surface area contributed by atoms with Gasteiger partial charge in [0.25, 0.3) is 0 Å². The van der Waals surface area contributed by atoms with Gasteiger partial charge < -0.3 is 14.8 Å². The maximum absolute atomic E-state index is 6.15. The van der Waals surface area contributed by atoms with E-state index in [1.165, 1.54) is 5.56 Å². The van der Waals surface area contributed by atoms with Crippen LogP contribution in [0.2, 0.25) is 10.0 Å². The van der Waals surface area contributed by atoms with Gasteiger partial charge in [0, 0.05) is 22.2 Å². The molecule has 0 unspecified atom stereocenters. The Balaban J connectivity index is 0.00000320. The summed E-state index contributed by atoms with van der Waals surface area (Å²) in [7, 11) is 0. The summed E-state index contributed by atoms with van der Waals surface area (Å²) < 4.78 is 11.9. The average Bonchev–Trinajstić information content (AvgIpc) is 2.73. The van der Waals surface area contributed by atoms with Gasteiger partial charge in [0.1, 0.15) is 6.61 Å². The lowest BCUT2D eigenvalue weighted by Gasteiger charge is -2.16. The molecule has 160 valence electrons. The van der Waals surface area contributed by atoms with Crippen molar-refractivity contribution in [2.75, 3.05) is 13.2 Å². The van der Waals surface area contributed by atoms with Gasteiger partial charge in [-0.15, -0.1) is 12.4 Å². The molecular weight excluding hydrogens is 441 g/mol. The molecule has 1 N–H and O–H groups in total. The zero-order valence-electron chi connectivity index (χ0n) is 16.9. The maximum Gasteiger partial charge on any atom is 0.166 e. The summed E-state index contributed by atoms with van der Waals surface area (Å²) in [5, 5.41) is 4.97. The quantitative estimate of drug-likeness (QED) is 0.336. The third-order valence-corrected chi connectivity index (χ3v) is 4.98. The highest BCUT2D eigenvalue weighted by Gasteiger charge is 2.11. The molecule has 3 aromatic carbocycles. The molecule has 0 saturated carbocycles. The van der Waals surface area contributed by atoms with E-state index in [2.05, 4.69) is 23.5 Å². The van der Waals surface area contributed by atoms with Gasteiger partial charge in [-0.1, -0.05) is 59.6 Å². The van der Waals surface area contributed by atoms with Crippen LogP contribution < -0.4 is 14.8 Å². The largest absolute Gasteiger partial charge is 0.490 e. The van der Waals surface area contributed by atoms with E-state index >= 15 is 0 Å². The summed E-state index contributed by atoms with van der Waals surface area (Å²) in [6.07, 6.45) is 0.934. The van der Waals surface area contributed by atoms with Crippen LogP contribution in [0, 0.1) is 0 Å². The Morgan fingerprint density at radius 2 is 1.43 bits per heavy atom. The molecule has 0 saturated heterocycles. The summed E-state index contributed by atoms with van der Waals surface area (Å²) >= 11 is 11.9. The van der Waals surface area contributed by atoms with E-state index in [0.717, 1.165) is 40.6 Å². The highest BCUT2D eigenvalue weighted by atomic mass is 35.5. The number of ether oxygens (including phenoxy) is 2. The van der Waals surface area contributed by atoms with Crippen LogP contribution in [0.5, 0.6) is 11.5 Å². The predicted molar refractivity (Wildman–Crippen MR) is 128 cm³/mol. The average molecular weight is 467 g/mol. The smallest absolute Gasteiger partial charge is 0.166 e. The Labute approximate surface area is 194 Å². The highest BCUT2D eigenvalue weighted by Crippen LogP contribution is 2.32. The molecule has 0 aromatic heterocycles. The molecule has 0 radical (unpaired) electrons. The van der Waals surface area contributed by atoms with Gasteiger partial charge >= 0.3 is 0 Å². The fraction of sp³-hybridized carbons (Fsp3) is 0.250. The molecule has 0 aliphatic heterocycles. The Morgan fingerprint density at radius 3 is 2.07 bits per heavy atom. The number of para-hydroxylation sites is 1. The third-order valence-electron chi connectivity index (χ3n) is 4.48. The van der Waals surface area contributed by atoms with E-state index in [-0.39, 0.29) is 12.4 Å². The molecule has 3 nitrogen and oxygen atoms in total. The van der Waals surface area contributed by atoms with E-state index in [1.54, 1.807) is 0 Å². The zero-order chi connectivity index (χ0) is 20.5. The van der Waals surface area contributed by atoms with Crippen molar-refractivity contribution in [3.05, 3.63) is 93.5 Å². The van der Waals surface area contributed by atoms with Crippen molar-refractivity contribution in [3.8, 4) is 11.5 Å². The lowest BCUT2D eigenvalue weighted by Crippen LogP contribution is -2.17. The van der Waals surface area contributed by atoms with Crippen molar-refractivity contribution < 1.29 is 9.47 Å². The second kappa shape index (κ2) is 12.7. The van der Waals surface area contributed by atoms with Crippen molar-refractivity contribution in [3.63, 3.8) is 0 Å². The number of benzene rings is 3. The summed E-state index contributed by atoms with van der Waals surface area (Å²) in [6.45, 7) is 4.57. The lowest BCUT2D eigenvalue weighted by molar-refractivity contribution is 0.266. The monoisotopic (exact) mass is 465 g/mol. The van der Waals surface area contributed by atoms with Crippen LogP contribution >= 0.6 is 35.6 Å². The Hall–Kier alpha value is -1.91. The zero-order valence-corrected chi connectivity index (χ0v) is 19.2. The molecule has 0 fully saturated rings. The second-order valence-electron chi connectivity index (χ2n) is 6.65. The van der Waals surface area contributed by atoms with Gasteiger partial charge in [0.2, 0.25) is 0 Å². The topological polar surface area (TPSA) is 30.5 Å². The van der Waals surface area contributed by atoms with Crippen molar-refractivity contribution in [2.45, 2.75) is 26.5 Å². The molecule has 0 atom stereocenters. The Kier molecular flexibility index (Phi) is 10.3. The summed E-state index contributed by atoms with van der Waals surface area (Å²) in [4.78, 5) is 0. The minimum atomic E-state index is 0. The molecule has 0 spiro atoms. The second-order valence-corrected chi connectivity index (χ2v) is 7.52. The number of hydrogen-bond donors (Lipinski definition) is 1. The first-order chi connectivity index (χ1) is 14.2. The minimum Gasteiger partial charge on any atom is -0.490 e. The van der Waals surface area contributed by atoms with Crippen molar-refractivity contribution >= 4 is 35.6 Å². The molecule has 0 aliphatic carbocycles. The van der Waals surface area contributed by atoms with Gasteiger partial charge in [0.15, 0.2) is 11.5 Å². The standard InChI is InChI=1S/C24H25Cl2NO2.ClH/c1-2-28-23-5-3-4-20(16-27-15-14-18-6-10-21(25)11-7-18)24(23)29-17-19-8-12-22(26)13-9-19;/h3-13,27H,2,14-17H2,1H3;1H. The fourth-order valence-electron chi connectivity index (χ4n) is 2.98. The predicted octanol–water partition coefficient (Wildman–Crippen LogP) is 6.73. The Bertz CT molecular complexity index is 899. The molecule has 0 heterocycles. The van der Waals surface area contributed by atoms with Crippen molar-refractivity contribution in [1.29, 1.82) is 0 Å². The fourth-order valence-corrected chi connectivity index (χ4v) is 3.23. The molecule has 0 aliphatic rings. The number of hydrogen-bond acceptors (Lipinski definition) is 3. The highest BCUT2D eigenvalue weighted by molar-refractivity contribution is 6.30. The van der Waals surface area contributed by atoms with Gasteiger partial charge in [-0.2, -0.15) is 0 Å². The first-order valence-corrected chi connectivity index (χ1v) is 10.5. The summed E-state index contributed by atoms with van der Waals surface area (Å²) in [5.41, 5.74) is 3.38. The van der Waals surface area contributed by atoms with E-state index in [4.69, 9.17) is 32.7 Å². The van der Waals surface area contributed by atoms with Gasteiger partial charge in [0.05, 0.1) is 6.61 Å². The normalized spacial score (nSPS) is 10.4. The van der Waals surface area contributed by atoms with Gasteiger partial charge in [-0.3, -0.25) is 0 Å². The molecule has 30 heavy (non-hydrogen) atoms. The van der Waals surface area contributed by atoms with Crippen molar-refractivity contribution in [2.24, 2.45) is 0 Å². The SMILES string of the molecule is CCOc1cccc(CNCCc2ccc(Cl)cc2)c1OCc1ccc(Cl)cc1.Cl. The summed E-state index contributed by atoms with van der Waals surface area (Å²) in [6, 6.07) is 21.6. The van der Waals surface area contributed by atoms with Crippen LogP contribution in [0.25, 0.3) is 0 Å². The van der Waals surface area contributed by atoms with Crippen LogP contribution in [0.1, 0.15) is 23.6 Å². The van der Waals surface area contributed by atoms with Crippen LogP contribution in [0.3, 0.4) is 0 Å². The van der Waals surface area contributed by atoms with Crippen molar-refractivity contribution in [1.82, 2.24) is 5.32 Å². The summed E-state index contributed by atoms with van der Waals surface area (Å²) in [5.74, 6) is 1.54. The number of nitrogens with one attached hydrogen (secondary N) is 1. The van der Waals surface area contributed by atoms with Crippen LogP contribution in [-0.2, 0) is 19.6 Å². The first-order valence-electron chi connectivity index (χ1n) is 9.73. The van der Waals surface area contributed by atoms with Crippen LogP contribution in [0.15, 0.2) is 66.7 Å². The van der Waals surface area contributed by atoms with E-state index in [1.807, 2.05) is 55.5 Å². The number of rotatable bonds is 10. The lowest BCUT2D eigenvalue weighted by atomic mass is 10.1. The maximum atomic E-state index is 6.15. The minimum absolute atomic E-state index is 0. The third kappa shape index (κ3) is 7.41. The first kappa shape index (κ1) is 24.4. The van der Waals surface area contributed by atoms with E-state index in [9.17, 15) is 0 Å².